The molecule has 22 rings (SSSR count). The zero-order chi connectivity index (χ0) is 81.0. The van der Waals surface area contributed by atoms with E-state index in [0.717, 1.165) is 81.4 Å². The van der Waals surface area contributed by atoms with E-state index in [4.69, 9.17) is 0 Å². The van der Waals surface area contributed by atoms with Crippen molar-refractivity contribution >= 4 is 94.5 Å². The number of allylic oxidation sites excluding steroid dienone is 18. The number of anilines is 4. The second-order valence-corrected chi connectivity index (χ2v) is 33.6. The lowest BCUT2D eigenvalue weighted by Gasteiger charge is -2.35. The Morgan fingerprint density at radius 2 is 0.975 bits per heavy atom. The standard InChI is InChI=1S/C116H94N6/c1-79-46-58-101(77-106(79)107-70-80(47-67-110(107)117-93-30-9-3-10-31-93)78-118(94-32-11-4-12-33-94)95-34-13-5-14-35-95)119(96-36-15-6-16-37-96)97-59-48-82(49-60-97)86-28-25-29-87(71-86)92-73-90(81-26-7-2-8-27-81)72-91(74-92)85-54-65-100(66-55-85)122-115-68-56-88(83-50-61-98(62-51-83)120-111-42-21-17-38-102(111)103-39-18-22-43-112(103)120)75-108(115)109-76-89(57-69-116(109)122)84-52-63-99(64-53-84)121-113-44-23-19-40-104(113)105-41-20-24-45-114(105)121/h2-5,7,9-15,17-23,25-26,28-30,32-44,46-72,74-76,90,93,106,117H,6,8,16,24,27,31,45,73,77-78H2,1H3. The third-order valence-corrected chi connectivity index (χ3v) is 26.2. The average molecular weight is 1570 g/mol. The molecule has 0 saturated carbocycles. The van der Waals surface area contributed by atoms with Crippen LogP contribution in [0.4, 0.5) is 22.7 Å². The molecule has 6 nitrogen and oxygen atoms in total. The molecule has 0 amide bonds. The van der Waals surface area contributed by atoms with Gasteiger partial charge in [-0.1, -0.05) is 278 Å². The molecular formula is C116H94N6. The highest BCUT2D eigenvalue weighted by molar-refractivity contribution is 6.12. The molecule has 6 heteroatoms. The fourth-order valence-corrected chi connectivity index (χ4v) is 20.1. The van der Waals surface area contributed by atoms with Gasteiger partial charge in [-0.3, -0.25) is 0 Å². The van der Waals surface area contributed by atoms with Gasteiger partial charge in [-0.15, -0.1) is 0 Å². The molecule has 0 saturated heterocycles. The number of hydrogen-bond donors (Lipinski definition) is 1. The minimum Gasteiger partial charge on any atom is -0.378 e. The van der Waals surface area contributed by atoms with E-state index in [1.807, 2.05) is 0 Å². The molecule has 16 aromatic rings. The van der Waals surface area contributed by atoms with Gasteiger partial charge in [0.05, 0.1) is 27.6 Å². The molecule has 0 bridgehead atoms. The van der Waals surface area contributed by atoms with E-state index in [0.29, 0.717) is 0 Å². The molecule has 3 unspecified atom stereocenters. The first-order valence-electron chi connectivity index (χ1n) is 43.7. The van der Waals surface area contributed by atoms with Gasteiger partial charge in [0, 0.05) is 114 Å². The molecular weight excluding hydrogens is 1480 g/mol. The molecule has 122 heavy (non-hydrogen) atoms. The van der Waals surface area contributed by atoms with Gasteiger partial charge in [-0.05, 0) is 271 Å². The van der Waals surface area contributed by atoms with Crippen LogP contribution >= 0.6 is 0 Å². The Morgan fingerprint density at radius 3 is 1.61 bits per heavy atom. The van der Waals surface area contributed by atoms with Gasteiger partial charge in [0.25, 0.3) is 0 Å². The van der Waals surface area contributed by atoms with Crippen molar-refractivity contribution in [3.8, 4) is 50.4 Å². The van der Waals surface area contributed by atoms with Crippen molar-refractivity contribution < 1.29 is 0 Å². The molecule has 0 spiro atoms. The summed E-state index contributed by atoms with van der Waals surface area (Å²) in [5.74, 6) is 0.403. The Bertz CT molecular complexity index is 7040. The summed E-state index contributed by atoms with van der Waals surface area (Å²) in [5, 5.41) is 10.3. The minimum atomic E-state index is 0.139. The molecule has 1 N–H and O–H groups in total. The lowest BCUT2D eigenvalue weighted by Crippen LogP contribution is -2.25. The van der Waals surface area contributed by atoms with E-state index >= 15 is 0 Å². The zero-order valence-electron chi connectivity index (χ0n) is 68.7. The molecule has 0 aliphatic heterocycles. The Labute approximate surface area is 714 Å². The second kappa shape index (κ2) is 32.0. The molecule has 6 aliphatic carbocycles. The summed E-state index contributed by atoms with van der Waals surface area (Å²) < 4.78 is 7.37. The topological polar surface area (TPSA) is 33.3 Å². The minimum absolute atomic E-state index is 0.139. The monoisotopic (exact) mass is 1570 g/mol. The van der Waals surface area contributed by atoms with Crippen LogP contribution in [0.25, 0.3) is 122 Å². The molecule has 13 aromatic carbocycles. The van der Waals surface area contributed by atoms with E-state index in [1.54, 1.807) is 0 Å². The van der Waals surface area contributed by atoms with Crippen LogP contribution in [0.15, 0.2) is 423 Å². The summed E-state index contributed by atoms with van der Waals surface area (Å²) in [5.41, 5.74) is 37.1. The van der Waals surface area contributed by atoms with Gasteiger partial charge < -0.3 is 28.8 Å². The molecule has 3 aromatic heterocycles. The van der Waals surface area contributed by atoms with Crippen molar-refractivity contribution in [2.45, 2.75) is 83.2 Å². The smallest absolute Gasteiger partial charge is 0.0541 e. The maximum atomic E-state index is 4.02. The molecule has 6 aliphatic rings. The predicted molar refractivity (Wildman–Crippen MR) is 516 cm³/mol. The van der Waals surface area contributed by atoms with Crippen molar-refractivity contribution in [1.29, 1.82) is 0 Å². The first-order valence-corrected chi connectivity index (χ1v) is 43.7. The number of benzene rings is 13. The van der Waals surface area contributed by atoms with Crippen LogP contribution in [-0.2, 0) is 13.0 Å². The summed E-state index contributed by atoms with van der Waals surface area (Å²) in [4.78, 5) is 4.97. The summed E-state index contributed by atoms with van der Waals surface area (Å²) in [6.07, 6.45) is 46.4. The fraction of sp³-hybridized carbons (Fsp3) is 0.121. The zero-order valence-corrected chi connectivity index (χ0v) is 68.7. The molecule has 3 heterocycles. The summed E-state index contributed by atoms with van der Waals surface area (Å²) in [6, 6.07) is 116. The van der Waals surface area contributed by atoms with Crippen molar-refractivity contribution in [2.75, 3.05) is 15.1 Å². The van der Waals surface area contributed by atoms with Gasteiger partial charge in [0.1, 0.15) is 0 Å². The Morgan fingerprint density at radius 1 is 0.402 bits per heavy atom. The molecule has 588 valence electrons. The van der Waals surface area contributed by atoms with Gasteiger partial charge in [0.2, 0.25) is 0 Å². The maximum Gasteiger partial charge on any atom is 0.0541 e. The van der Waals surface area contributed by atoms with Crippen LogP contribution in [0, 0.1) is 5.92 Å². The first-order chi connectivity index (χ1) is 60.4. The SMILES string of the molecule is CC1=CC=C(N(C2=CCCC=C2)c2ccc(-c3cccc(C4=CC(c5ccc(-n6c7ccc(-c8ccc(-n9c%10c(c%11ccccc%119)C=CCC%10)cc8)cc7c7cc(-c8ccc(-n9c%10ccccc%10c%10ccccc%109)cc8)ccc76)cc5)=CC(C5=CC=CCC5)C4)c3)cc2)CC1c1cc(CN(c2ccccc2)c2ccccc2)ccc1NC1C=CC=CC1. The summed E-state index contributed by atoms with van der Waals surface area (Å²) >= 11 is 0. The third-order valence-electron chi connectivity index (χ3n) is 26.2. The number of rotatable bonds is 19. The van der Waals surface area contributed by atoms with Crippen molar-refractivity contribution in [1.82, 2.24) is 13.7 Å². The lowest BCUT2D eigenvalue weighted by molar-refractivity contribution is 0.722. The highest BCUT2D eigenvalue weighted by Gasteiger charge is 2.30. The van der Waals surface area contributed by atoms with E-state index in [1.165, 1.54) is 178 Å². The summed E-state index contributed by atoms with van der Waals surface area (Å²) in [7, 11) is 0. The number of hydrogen-bond acceptors (Lipinski definition) is 3. The van der Waals surface area contributed by atoms with Crippen molar-refractivity contribution in [3.05, 3.63) is 457 Å². The molecule has 0 fully saturated rings. The van der Waals surface area contributed by atoms with Crippen LogP contribution in [0.5, 0.6) is 0 Å². The van der Waals surface area contributed by atoms with Crippen molar-refractivity contribution in [2.24, 2.45) is 5.92 Å². The molecule has 3 atom stereocenters. The Kier molecular flexibility index (Phi) is 19.4. The average Bonchev–Trinajstić information content (AvgIpc) is 1.58. The molecule has 0 radical (unpaired) electrons. The highest BCUT2D eigenvalue weighted by Crippen LogP contribution is 2.47. The third kappa shape index (κ3) is 14.0. The number of aromatic nitrogens is 3. The van der Waals surface area contributed by atoms with Crippen LogP contribution in [0.1, 0.15) is 97.7 Å². The number of nitrogens with zero attached hydrogens (tertiary/aromatic N) is 5. The van der Waals surface area contributed by atoms with E-state index in [9.17, 15) is 0 Å². The van der Waals surface area contributed by atoms with E-state index < -0.39 is 0 Å². The van der Waals surface area contributed by atoms with Crippen LogP contribution in [0.2, 0.25) is 0 Å². The second-order valence-electron chi connectivity index (χ2n) is 33.6. The number of nitrogens with one attached hydrogen (secondary N) is 1. The van der Waals surface area contributed by atoms with Crippen LogP contribution in [-0.4, -0.2) is 19.7 Å². The Balaban J connectivity index is 0.576. The van der Waals surface area contributed by atoms with Crippen LogP contribution in [0.3, 0.4) is 0 Å². The number of fused-ring (bicyclic) bond motifs is 9. The normalized spacial score (nSPS) is 16.8. The highest BCUT2D eigenvalue weighted by atomic mass is 15.2. The van der Waals surface area contributed by atoms with E-state index in [2.05, 4.69) is 442 Å². The van der Waals surface area contributed by atoms with Crippen LogP contribution < -0.4 is 15.1 Å². The maximum absolute atomic E-state index is 4.02. The van der Waals surface area contributed by atoms with Gasteiger partial charge >= 0.3 is 0 Å². The first kappa shape index (κ1) is 73.9. The summed E-state index contributed by atoms with van der Waals surface area (Å²) in [6.45, 7) is 3.06. The van der Waals surface area contributed by atoms with Crippen molar-refractivity contribution in [3.63, 3.8) is 0 Å². The number of para-hydroxylation sites is 5. The quantitative estimate of drug-likeness (QED) is 0.0876. The lowest BCUT2D eigenvalue weighted by atomic mass is 9.79. The van der Waals surface area contributed by atoms with Gasteiger partial charge in [-0.25, -0.2) is 0 Å². The largest absolute Gasteiger partial charge is 0.378 e. The Hall–Kier alpha value is -14.5. The van der Waals surface area contributed by atoms with Gasteiger partial charge in [0.15, 0.2) is 0 Å². The van der Waals surface area contributed by atoms with E-state index in [-0.39, 0.29) is 17.9 Å². The predicted octanol–water partition coefficient (Wildman–Crippen LogP) is 30.2. The van der Waals surface area contributed by atoms with Gasteiger partial charge in [-0.2, -0.15) is 0 Å². The fourth-order valence-electron chi connectivity index (χ4n) is 20.1.